The van der Waals surface area contributed by atoms with Gasteiger partial charge >= 0.3 is 12.0 Å². The van der Waals surface area contributed by atoms with Crippen LogP contribution in [0.15, 0.2) is 4.42 Å². The lowest BCUT2D eigenvalue weighted by Gasteiger charge is -2.08. The van der Waals surface area contributed by atoms with Crippen LogP contribution in [0.4, 0.5) is 12.0 Å². The van der Waals surface area contributed by atoms with Crippen molar-refractivity contribution in [2.45, 2.75) is 26.2 Å². The molecular weight excluding hydrogens is 180 g/mol. The minimum absolute atomic E-state index is 0.118. The van der Waals surface area contributed by atoms with Crippen molar-refractivity contribution >= 4 is 12.0 Å². The predicted molar refractivity (Wildman–Crippen MR) is 53.7 cm³/mol. The Labute approximate surface area is 83.1 Å². The fourth-order valence-corrected chi connectivity index (χ4v) is 2.05. The summed E-state index contributed by atoms with van der Waals surface area (Å²) >= 11 is 0. The van der Waals surface area contributed by atoms with Gasteiger partial charge < -0.3 is 15.5 Å². The molecule has 0 radical (unpaired) electrons. The molecule has 1 aromatic heterocycles. The van der Waals surface area contributed by atoms with Crippen molar-refractivity contribution in [1.29, 1.82) is 0 Å². The van der Waals surface area contributed by atoms with E-state index in [9.17, 15) is 0 Å². The van der Waals surface area contributed by atoms with Crippen molar-refractivity contribution in [3.63, 3.8) is 0 Å². The highest BCUT2D eigenvalue weighted by molar-refractivity contribution is 5.22. The van der Waals surface area contributed by atoms with Crippen molar-refractivity contribution in [2.24, 2.45) is 11.8 Å². The van der Waals surface area contributed by atoms with Crippen LogP contribution in [-0.2, 0) is 0 Å². The quantitative estimate of drug-likeness (QED) is 0.766. The van der Waals surface area contributed by atoms with Crippen LogP contribution in [0.3, 0.4) is 0 Å². The van der Waals surface area contributed by atoms with Gasteiger partial charge in [-0.25, -0.2) is 0 Å². The van der Waals surface area contributed by atoms with E-state index in [-0.39, 0.29) is 6.01 Å². The Balaban J connectivity index is 1.77. The summed E-state index contributed by atoms with van der Waals surface area (Å²) in [5, 5.41) is 10.4. The van der Waals surface area contributed by atoms with Crippen molar-refractivity contribution in [3.8, 4) is 0 Å². The summed E-state index contributed by atoms with van der Waals surface area (Å²) in [6, 6.07) is 0.550. The summed E-state index contributed by atoms with van der Waals surface area (Å²) in [6.07, 6.45) is 3.91. The fourth-order valence-electron chi connectivity index (χ4n) is 2.05. The summed E-state index contributed by atoms with van der Waals surface area (Å²) in [5.74, 6) is 1.59. The number of aromatic nitrogens is 2. The van der Waals surface area contributed by atoms with Crippen LogP contribution in [0.25, 0.3) is 0 Å². The van der Waals surface area contributed by atoms with Gasteiger partial charge in [-0.15, -0.1) is 0 Å². The largest absolute Gasteiger partial charge is 0.390 e. The Morgan fingerprint density at radius 1 is 1.50 bits per heavy atom. The monoisotopic (exact) mass is 196 g/mol. The molecule has 0 aromatic carbocycles. The molecule has 1 aromatic rings. The van der Waals surface area contributed by atoms with Gasteiger partial charge in [-0.2, -0.15) is 0 Å². The van der Waals surface area contributed by atoms with Crippen molar-refractivity contribution < 1.29 is 4.42 Å². The first-order valence-corrected chi connectivity index (χ1v) is 5.07. The summed E-state index contributed by atoms with van der Waals surface area (Å²) in [6.45, 7) is 3.21. The second-order valence-corrected chi connectivity index (χ2v) is 4.11. The third kappa shape index (κ3) is 2.16. The molecule has 0 aliphatic heterocycles. The van der Waals surface area contributed by atoms with Gasteiger partial charge in [0.1, 0.15) is 0 Å². The molecule has 0 amide bonds. The zero-order valence-corrected chi connectivity index (χ0v) is 8.36. The van der Waals surface area contributed by atoms with Crippen molar-refractivity contribution in [2.75, 3.05) is 17.6 Å². The highest BCUT2D eigenvalue weighted by atomic mass is 16.4. The number of rotatable bonds is 3. The van der Waals surface area contributed by atoms with Crippen LogP contribution in [0.5, 0.6) is 0 Å². The molecule has 2 rings (SSSR count). The number of nitrogens with zero attached hydrogens (tertiary/aromatic N) is 2. The summed E-state index contributed by atoms with van der Waals surface area (Å²) in [4.78, 5) is 0. The van der Waals surface area contributed by atoms with E-state index >= 15 is 0 Å². The number of nitrogens with one attached hydrogen (secondary N) is 1. The van der Waals surface area contributed by atoms with Gasteiger partial charge in [0.2, 0.25) is 0 Å². The first kappa shape index (κ1) is 9.30. The minimum Gasteiger partial charge on any atom is -0.390 e. The number of hydrogen-bond acceptors (Lipinski definition) is 5. The second kappa shape index (κ2) is 3.86. The van der Waals surface area contributed by atoms with Gasteiger partial charge in [-0.1, -0.05) is 23.5 Å². The molecule has 0 bridgehead atoms. The number of nitrogen functional groups attached to an aromatic ring is 1. The Morgan fingerprint density at radius 3 is 2.93 bits per heavy atom. The number of anilines is 2. The van der Waals surface area contributed by atoms with Gasteiger partial charge in [-0.05, 0) is 24.7 Å². The lowest BCUT2D eigenvalue weighted by atomic mass is 10.1. The zero-order chi connectivity index (χ0) is 9.97. The van der Waals surface area contributed by atoms with E-state index < -0.39 is 0 Å². The molecule has 5 heteroatoms. The topological polar surface area (TPSA) is 77.0 Å². The van der Waals surface area contributed by atoms with Crippen molar-refractivity contribution in [1.82, 2.24) is 10.2 Å². The molecule has 78 valence electrons. The fraction of sp³-hybridized carbons (Fsp3) is 0.778. The maximum Gasteiger partial charge on any atom is 0.316 e. The van der Waals surface area contributed by atoms with Gasteiger partial charge in [0.05, 0.1) is 0 Å². The van der Waals surface area contributed by atoms with Crippen LogP contribution in [0, 0.1) is 11.8 Å². The summed E-state index contributed by atoms with van der Waals surface area (Å²) in [7, 11) is 0. The third-order valence-electron chi connectivity index (χ3n) is 2.79. The standard InChI is InChI=1S/C9H16N4O/c1-6-2-3-7(4-6)5-11-9-13-12-8(10)14-9/h6-7H,2-5H2,1H3,(H2,10,12)(H,11,13). The van der Waals surface area contributed by atoms with E-state index in [1.165, 1.54) is 19.3 Å². The van der Waals surface area contributed by atoms with E-state index in [2.05, 4.69) is 22.4 Å². The molecule has 3 N–H and O–H groups in total. The average Bonchev–Trinajstić information content (AvgIpc) is 2.72. The van der Waals surface area contributed by atoms with Crippen LogP contribution in [0.2, 0.25) is 0 Å². The molecule has 0 spiro atoms. The van der Waals surface area contributed by atoms with E-state index in [1.807, 2.05) is 0 Å². The molecule has 1 aliphatic carbocycles. The molecule has 1 saturated carbocycles. The molecule has 2 unspecified atom stereocenters. The zero-order valence-electron chi connectivity index (χ0n) is 8.36. The van der Waals surface area contributed by atoms with Crippen LogP contribution in [-0.4, -0.2) is 16.7 Å². The highest BCUT2D eigenvalue weighted by Crippen LogP contribution is 2.30. The van der Waals surface area contributed by atoms with E-state index in [1.54, 1.807) is 0 Å². The lowest BCUT2D eigenvalue weighted by molar-refractivity contribution is 0.521. The van der Waals surface area contributed by atoms with Gasteiger partial charge in [0, 0.05) is 6.54 Å². The SMILES string of the molecule is CC1CCC(CNc2nnc(N)o2)C1. The maximum atomic E-state index is 5.30. The smallest absolute Gasteiger partial charge is 0.316 e. The van der Waals surface area contributed by atoms with Gasteiger partial charge in [-0.3, -0.25) is 0 Å². The molecular formula is C9H16N4O. The number of hydrogen-bond donors (Lipinski definition) is 2. The highest BCUT2D eigenvalue weighted by Gasteiger charge is 2.21. The van der Waals surface area contributed by atoms with E-state index in [4.69, 9.17) is 10.2 Å². The van der Waals surface area contributed by atoms with Gasteiger partial charge in [0.15, 0.2) is 0 Å². The van der Waals surface area contributed by atoms with Crippen LogP contribution in [0.1, 0.15) is 26.2 Å². The molecule has 1 fully saturated rings. The molecule has 14 heavy (non-hydrogen) atoms. The molecule has 5 nitrogen and oxygen atoms in total. The molecule has 1 aliphatic rings. The Kier molecular flexibility index (Phi) is 2.56. The Morgan fingerprint density at radius 2 is 2.36 bits per heavy atom. The van der Waals surface area contributed by atoms with Crippen LogP contribution < -0.4 is 11.1 Å². The molecule has 0 saturated heterocycles. The third-order valence-corrected chi connectivity index (χ3v) is 2.79. The van der Waals surface area contributed by atoms with Crippen molar-refractivity contribution in [3.05, 3.63) is 0 Å². The Hall–Kier alpha value is -1.26. The average molecular weight is 196 g/mol. The first-order valence-electron chi connectivity index (χ1n) is 5.07. The second-order valence-electron chi connectivity index (χ2n) is 4.11. The summed E-state index contributed by atoms with van der Waals surface area (Å²) < 4.78 is 5.01. The molecule has 1 heterocycles. The minimum atomic E-state index is 0.118. The Bertz CT molecular complexity index is 299. The number of nitrogens with two attached hydrogens (primary N) is 1. The summed E-state index contributed by atoms with van der Waals surface area (Å²) in [5.41, 5.74) is 5.30. The van der Waals surface area contributed by atoms with E-state index in [0.717, 1.165) is 18.4 Å². The molecule has 2 atom stereocenters. The van der Waals surface area contributed by atoms with E-state index in [0.29, 0.717) is 6.01 Å². The predicted octanol–water partition coefficient (Wildman–Crippen LogP) is 1.50. The van der Waals surface area contributed by atoms with Gasteiger partial charge in [0.25, 0.3) is 0 Å². The maximum absolute atomic E-state index is 5.30. The first-order chi connectivity index (χ1) is 6.74. The lowest BCUT2D eigenvalue weighted by Crippen LogP contribution is -2.11. The van der Waals surface area contributed by atoms with Crippen LogP contribution >= 0.6 is 0 Å². The normalized spacial score (nSPS) is 26.6.